The highest BCUT2D eigenvalue weighted by Gasteiger charge is 2.51. The number of aromatic hydroxyl groups is 1. The lowest BCUT2D eigenvalue weighted by Crippen LogP contribution is -2.63. The van der Waals surface area contributed by atoms with Crippen LogP contribution in [0.15, 0.2) is 82.4 Å². The minimum absolute atomic E-state index is 0.131. The minimum Gasteiger partial charge on any atom is -0.508 e. The molecular formula is C42H51N9O11S. The lowest BCUT2D eigenvalue weighted by Gasteiger charge is -2.44. The van der Waals surface area contributed by atoms with Crippen molar-refractivity contribution in [3.63, 3.8) is 0 Å². The first-order valence-corrected chi connectivity index (χ1v) is 21.2. The third kappa shape index (κ3) is 10.1. The summed E-state index contributed by atoms with van der Waals surface area (Å²) < 4.78 is 37.4. The Morgan fingerprint density at radius 1 is 0.889 bits per heavy atom. The van der Waals surface area contributed by atoms with Crippen LogP contribution in [0.25, 0.3) is 0 Å². The minimum atomic E-state index is -0.798. The molecule has 1 amide bonds. The van der Waals surface area contributed by atoms with E-state index in [9.17, 15) is 24.8 Å². The van der Waals surface area contributed by atoms with Crippen molar-refractivity contribution in [3.8, 4) is 29.1 Å². The first kappa shape index (κ1) is 46.1. The maximum atomic E-state index is 12.8. The van der Waals surface area contributed by atoms with Gasteiger partial charge in [-0.2, -0.15) is 20.4 Å². The second-order valence-corrected chi connectivity index (χ2v) is 14.9. The van der Waals surface area contributed by atoms with Gasteiger partial charge in [-0.15, -0.1) is 11.8 Å². The summed E-state index contributed by atoms with van der Waals surface area (Å²) in [6.07, 6.45) is -1.93. The summed E-state index contributed by atoms with van der Waals surface area (Å²) in [6, 6.07) is 21.2. The lowest BCUT2D eigenvalue weighted by molar-refractivity contribution is -0.123. The van der Waals surface area contributed by atoms with Crippen molar-refractivity contribution in [3.05, 3.63) is 88.5 Å². The second-order valence-electron chi connectivity index (χ2n) is 14.1. The average molecular weight is 890 g/mol. The number of fused-ring (bicyclic) bond motifs is 2. The number of rotatable bonds is 12. The van der Waals surface area contributed by atoms with E-state index in [0.717, 1.165) is 21.8 Å². The summed E-state index contributed by atoms with van der Waals surface area (Å²) in [5.74, 6) is 0.966. The van der Waals surface area contributed by atoms with Gasteiger partial charge in [-0.1, -0.05) is 37.3 Å². The van der Waals surface area contributed by atoms with Crippen molar-refractivity contribution < 1.29 is 52.6 Å². The zero-order chi connectivity index (χ0) is 45.2. The third-order valence-electron chi connectivity index (χ3n) is 10.5. The van der Waals surface area contributed by atoms with Gasteiger partial charge >= 0.3 is 12.3 Å². The standard InChI is InChI=1S/C22H25N5O5.C20H26N4O6S/c1-3-31-22(30)32-21-13(2)18(14-9-11-16(28)12-10-14)27-19(23-21)17(20(29)26-27)25-24-15-7-5-4-6-8-15;1-6-29-20(25)30-15-9-13(24-18(22-15)12(10-21)19(23-24)31-5)11-7-8-14(26-2)17(28-4)16(11)27-3/h4-13,18-19,21,23-24,28H,3H2,1-2H3,(H,26,29);7-8,13,15,18,22-23H,6,9H2,1-5H3. The number of anilines is 1. The van der Waals surface area contributed by atoms with Gasteiger partial charge in [0.1, 0.15) is 24.2 Å². The van der Waals surface area contributed by atoms with Gasteiger partial charge < -0.3 is 43.7 Å². The Kier molecular flexibility index (Phi) is 15.4. The molecule has 0 bridgehead atoms. The summed E-state index contributed by atoms with van der Waals surface area (Å²) in [6.45, 7) is 5.69. The number of amides is 1. The molecule has 3 fully saturated rings. The molecule has 7 atom stereocenters. The highest BCUT2D eigenvalue weighted by atomic mass is 32.2. The topological polar surface area (TPSA) is 239 Å². The predicted octanol–water partition coefficient (Wildman–Crippen LogP) is 4.80. The van der Waals surface area contributed by atoms with Crippen LogP contribution in [0.1, 0.15) is 50.4 Å². The number of nitrogens with zero attached hydrogens (tertiary/aromatic N) is 4. The van der Waals surface area contributed by atoms with Crippen LogP contribution in [-0.4, -0.2) is 105 Å². The van der Waals surface area contributed by atoms with Crippen molar-refractivity contribution in [2.45, 2.75) is 64.1 Å². The van der Waals surface area contributed by atoms with Gasteiger partial charge in [0.15, 0.2) is 29.7 Å². The molecule has 0 aromatic heterocycles. The summed E-state index contributed by atoms with van der Waals surface area (Å²) >= 11 is 1.43. The number of nitrogens with one attached hydrogen (secondary N) is 5. The molecule has 7 unspecified atom stereocenters. The van der Waals surface area contributed by atoms with Gasteiger partial charge in [0.2, 0.25) is 5.75 Å². The molecule has 0 radical (unpaired) electrons. The van der Waals surface area contributed by atoms with E-state index in [1.165, 1.54) is 18.9 Å². The molecule has 7 rings (SSSR count). The Balaban J connectivity index is 0.000000210. The molecule has 63 heavy (non-hydrogen) atoms. The summed E-state index contributed by atoms with van der Waals surface area (Å²) in [5.41, 5.74) is 12.1. The van der Waals surface area contributed by atoms with Gasteiger partial charge in [0.05, 0.1) is 62.9 Å². The molecule has 4 heterocycles. The van der Waals surface area contributed by atoms with Crippen molar-refractivity contribution >= 4 is 41.4 Å². The molecule has 0 spiro atoms. The number of para-hydroxylation sites is 1. The summed E-state index contributed by atoms with van der Waals surface area (Å²) in [5, 5.41) is 34.5. The number of carbonyl (C=O) groups excluding carboxylic acids is 3. The summed E-state index contributed by atoms with van der Waals surface area (Å²) in [4.78, 5) is 36.8. The first-order chi connectivity index (χ1) is 30.5. The molecule has 336 valence electrons. The van der Waals surface area contributed by atoms with E-state index in [-0.39, 0.29) is 48.6 Å². The number of phenols is 1. The average Bonchev–Trinajstić information content (AvgIpc) is 3.81. The SMILES string of the molecule is CCOC(=O)OC1CC(c2ccc(OC)c(OC)c2OC)N2NC(SC)=C(C#N)C2N1.CCOC(=O)OC1NC2C(=NNc3ccccc3)C(=O)NN2C(c2ccc(O)cc2)C1C. The van der Waals surface area contributed by atoms with Gasteiger partial charge in [-0.25, -0.2) is 9.59 Å². The number of hydrazine groups is 2. The van der Waals surface area contributed by atoms with Crippen LogP contribution in [0.2, 0.25) is 0 Å². The normalized spacial score (nSPS) is 24.6. The maximum absolute atomic E-state index is 12.8. The Labute approximate surface area is 368 Å². The number of ether oxygens (including phenoxy) is 7. The number of hydrogen-bond acceptors (Lipinski definition) is 20. The van der Waals surface area contributed by atoms with E-state index in [0.29, 0.717) is 29.2 Å². The number of methoxy groups -OCH3 is 3. The molecule has 0 saturated carbocycles. The maximum Gasteiger partial charge on any atom is 0.509 e. The summed E-state index contributed by atoms with van der Waals surface area (Å²) in [7, 11) is 4.64. The number of hydrazone groups is 1. The highest BCUT2D eigenvalue weighted by Crippen LogP contribution is 2.47. The van der Waals surface area contributed by atoms with Gasteiger partial charge in [-0.3, -0.25) is 26.3 Å². The Hall–Kier alpha value is -6.44. The van der Waals surface area contributed by atoms with Gasteiger partial charge in [0.25, 0.3) is 5.91 Å². The van der Waals surface area contributed by atoms with E-state index in [1.807, 2.05) is 54.6 Å². The van der Waals surface area contributed by atoms with E-state index >= 15 is 0 Å². The van der Waals surface area contributed by atoms with Crippen LogP contribution in [-0.2, 0) is 23.7 Å². The number of thioether (sulfide) groups is 1. The van der Waals surface area contributed by atoms with Crippen LogP contribution < -0.4 is 41.1 Å². The zero-order valence-electron chi connectivity index (χ0n) is 35.7. The zero-order valence-corrected chi connectivity index (χ0v) is 36.6. The molecule has 20 nitrogen and oxygen atoms in total. The number of phenolic OH excluding ortho intramolecular Hbond substituents is 1. The molecule has 3 aromatic carbocycles. The Morgan fingerprint density at radius 3 is 2.19 bits per heavy atom. The smallest absolute Gasteiger partial charge is 0.508 e. The lowest BCUT2D eigenvalue weighted by atomic mass is 9.89. The molecule has 3 saturated heterocycles. The van der Waals surface area contributed by atoms with E-state index in [1.54, 1.807) is 63.4 Å². The fraction of sp³-hybridized carbons (Fsp3) is 0.405. The highest BCUT2D eigenvalue weighted by molar-refractivity contribution is 8.02. The quantitative estimate of drug-likeness (QED) is 0.106. The number of nitriles is 1. The molecule has 4 aliphatic heterocycles. The van der Waals surface area contributed by atoms with Crippen LogP contribution >= 0.6 is 11.8 Å². The Morgan fingerprint density at radius 2 is 1.57 bits per heavy atom. The van der Waals surface area contributed by atoms with Crippen LogP contribution in [0, 0.1) is 17.2 Å². The number of hydrogen-bond donors (Lipinski definition) is 6. The predicted molar refractivity (Wildman–Crippen MR) is 230 cm³/mol. The molecule has 6 N–H and O–H groups in total. The van der Waals surface area contributed by atoms with E-state index < -0.39 is 37.1 Å². The van der Waals surface area contributed by atoms with Crippen LogP contribution in [0.5, 0.6) is 23.0 Å². The molecule has 0 aliphatic carbocycles. The second kappa shape index (κ2) is 21.1. The van der Waals surface area contributed by atoms with Crippen molar-refractivity contribution in [1.82, 2.24) is 31.5 Å². The molecule has 21 heteroatoms. The Bertz CT molecular complexity index is 2210. The van der Waals surface area contributed by atoms with E-state index in [4.69, 9.17) is 33.2 Å². The van der Waals surface area contributed by atoms with Crippen LogP contribution in [0.4, 0.5) is 15.3 Å². The van der Waals surface area contributed by atoms with E-state index in [2.05, 4.69) is 38.1 Å². The van der Waals surface area contributed by atoms with Crippen LogP contribution in [0.3, 0.4) is 0 Å². The number of carbonyl (C=O) groups is 3. The molecule has 3 aromatic rings. The third-order valence-corrected chi connectivity index (χ3v) is 11.2. The van der Waals surface area contributed by atoms with Gasteiger partial charge in [-0.05, 0) is 62.1 Å². The van der Waals surface area contributed by atoms with Crippen molar-refractivity contribution in [2.24, 2.45) is 11.0 Å². The van der Waals surface area contributed by atoms with Gasteiger partial charge in [0, 0.05) is 17.9 Å². The molecular weight excluding hydrogens is 839 g/mol. The number of benzene rings is 3. The molecule has 4 aliphatic rings. The first-order valence-electron chi connectivity index (χ1n) is 20.0. The largest absolute Gasteiger partial charge is 0.509 e. The monoisotopic (exact) mass is 889 g/mol. The fourth-order valence-corrected chi connectivity index (χ4v) is 8.23. The van der Waals surface area contributed by atoms with Crippen molar-refractivity contribution in [2.75, 3.05) is 46.2 Å². The fourth-order valence-electron chi connectivity index (χ4n) is 7.66. The van der Waals surface area contributed by atoms with Crippen molar-refractivity contribution in [1.29, 1.82) is 5.26 Å².